The molecule has 4 rings (SSSR count). The molecule has 2 aliphatic rings. The minimum atomic E-state index is -0.226. The van der Waals surface area contributed by atoms with Crippen molar-refractivity contribution in [2.45, 2.75) is 26.2 Å². The summed E-state index contributed by atoms with van der Waals surface area (Å²) in [6.45, 7) is 8.27. The molecule has 0 saturated carbocycles. The van der Waals surface area contributed by atoms with E-state index in [1.54, 1.807) is 6.07 Å². The molecule has 0 spiro atoms. The van der Waals surface area contributed by atoms with Gasteiger partial charge in [-0.2, -0.15) is 0 Å². The monoisotopic (exact) mass is 465 g/mol. The second kappa shape index (κ2) is 10.2. The Labute approximate surface area is 195 Å². The summed E-state index contributed by atoms with van der Waals surface area (Å²) < 4.78 is 14.7. The first-order valence-corrected chi connectivity index (χ1v) is 11.1. The van der Waals surface area contributed by atoms with Crippen LogP contribution in [0.15, 0.2) is 36.4 Å². The third-order valence-electron chi connectivity index (χ3n) is 6.46. The average Bonchev–Trinajstić information content (AvgIpc) is 2.75. The zero-order valence-corrected chi connectivity index (χ0v) is 19.6. The maximum absolute atomic E-state index is 14.7. The number of nitrogens with one attached hydrogen (secondary N) is 1. The number of hydrogen-bond acceptors (Lipinski definition) is 3. The van der Waals surface area contributed by atoms with Crippen LogP contribution < -0.4 is 10.2 Å². The normalized spacial score (nSPS) is 21.5. The predicted molar refractivity (Wildman–Crippen MR) is 127 cm³/mol. The van der Waals surface area contributed by atoms with Gasteiger partial charge in [0.15, 0.2) is 0 Å². The van der Waals surface area contributed by atoms with Crippen molar-refractivity contribution in [1.82, 2.24) is 10.2 Å². The van der Waals surface area contributed by atoms with Gasteiger partial charge in [0, 0.05) is 49.4 Å². The fourth-order valence-electron chi connectivity index (χ4n) is 4.75. The third kappa shape index (κ3) is 5.16. The molecule has 0 unspecified atom stereocenters. The fraction of sp³-hybridized carbons (Fsp3) is 0.458. The van der Waals surface area contributed by atoms with E-state index in [1.165, 1.54) is 5.56 Å². The average molecular weight is 466 g/mol. The maximum Gasteiger partial charge on any atom is 0.227 e. The lowest BCUT2D eigenvalue weighted by molar-refractivity contribution is -0.137. The molecule has 2 saturated heterocycles. The second-order valence-corrected chi connectivity index (χ2v) is 8.91. The van der Waals surface area contributed by atoms with Gasteiger partial charge in [0.05, 0.1) is 5.92 Å². The lowest BCUT2D eigenvalue weighted by Gasteiger charge is -2.40. The summed E-state index contributed by atoms with van der Waals surface area (Å²) in [6.07, 6.45) is 0.776. The van der Waals surface area contributed by atoms with E-state index in [0.717, 1.165) is 42.3 Å². The molecule has 0 bridgehead atoms. The van der Waals surface area contributed by atoms with Gasteiger partial charge in [0.1, 0.15) is 5.82 Å². The number of aryl methyl sites for hydroxylation is 2. The summed E-state index contributed by atoms with van der Waals surface area (Å²) in [5, 5.41) is 4.07. The Morgan fingerprint density at radius 3 is 2.55 bits per heavy atom. The summed E-state index contributed by atoms with van der Waals surface area (Å²) in [5.41, 5.74) is 3.90. The zero-order valence-electron chi connectivity index (χ0n) is 18.0. The highest BCUT2D eigenvalue weighted by Crippen LogP contribution is 2.34. The Balaban J connectivity index is 0.00000272. The molecule has 2 aliphatic heterocycles. The van der Waals surface area contributed by atoms with Crippen molar-refractivity contribution in [3.63, 3.8) is 0 Å². The van der Waals surface area contributed by atoms with Crippen LogP contribution in [0.25, 0.3) is 0 Å². The van der Waals surface area contributed by atoms with Crippen LogP contribution in [-0.2, 0) is 4.79 Å². The van der Waals surface area contributed by atoms with Crippen molar-refractivity contribution in [2.75, 3.05) is 44.2 Å². The van der Waals surface area contributed by atoms with Crippen LogP contribution in [0.2, 0.25) is 5.02 Å². The molecule has 0 aliphatic carbocycles. The van der Waals surface area contributed by atoms with Crippen LogP contribution in [0, 0.1) is 25.6 Å². The van der Waals surface area contributed by atoms with Crippen LogP contribution in [-0.4, -0.2) is 50.1 Å². The summed E-state index contributed by atoms with van der Waals surface area (Å²) in [5.74, 6) is -0.362. The van der Waals surface area contributed by atoms with Crippen molar-refractivity contribution >= 4 is 35.6 Å². The van der Waals surface area contributed by atoms with Gasteiger partial charge >= 0.3 is 0 Å². The minimum absolute atomic E-state index is 0. The first-order valence-electron chi connectivity index (χ1n) is 10.7. The Bertz CT molecular complexity index is 931. The number of benzene rings is 2. The molecule has 1 N–H and O–H groups in total. The Morgan fingerprint density at radius 1 is 1.10 bits per heavy atom. The van der Waals surface area contributed by atoms with Crippen molar-refractivity contribution in [1.29, 1.82) is 0 Å². The highest BCUT2D eigenvalue weighted by Gasteiger charge is 2.36. The third-order valence-corrected chi connectivity index (χ3v) is 6.69. The van der Waals surface area contributed by atoms with Crippen LogP contribution in [0.1, 0.15) is 29.0 Å². The number of nitrogens with zero attached hydrogens (tertiary/aromatic N) is 2. The molecular weight excluding hydrogens is 436 g/mol. The fourth-order valence-corrected chi connectivity index (χ4v) is 4.91. The summed E-state index contributed by atoms with van der Waals surface area (Å²) in [7, 11) is 0. The first-order chi connectivity index (χ1) is 14.4. The van der Waals surface area contributed by atoms with Crippen LogP contribution in [0.4, 0.5) is 10.1 Å². The summed E-state index contributed by atoms with van der Waals surface area (Å²) >= 11 is 6.18. The number of rotatable bonds is 3. The van der Waals surface area contributed by atoms with Crippen LogP contribution in [0.3, 0.4) is 0 Å². The minimum Gasteiger partial charge on any atom is -0.368 e. The van der Waals surface area contributed by atoms with E-state index >= 15 is 0 Å². The van der Waals surface area contributed by atoms with E-state index in [1.807, 2.05) is 42.2 Å². The van der Waals surface area contributed by atoms with E-state index in [4.69, 9.17) is 11.6 Å². The Kier molecular flexibility index (Phi) is 7.84. The highest BCUT2D eigenvalue weighted by atomic mass is 35.5. The van der Waals surface area contributed by atoms with Gasteiger partial charge in [-0.05, 0) is 61.7 Å². The van der Waals surface area contributed by atoms with E-state index in [0.29, 0.717) is 25.2 Å². The second-order valence-electron chi connectivity index (χ2n) is 8.47. The number of amides is 1. The largest absolute Gasteiger partial charge is 0.368 e. The number of carbonyl (C=O) groups is 1. The summed E-state index contributed by atoms with van der Waals surface area (Å²) in [4.78, 5) is 17.6. The summed E-state index contributed by atoms with van der Waals surface area (Å²) in [6, 6.07) is 11.3. The molecule has 7 heteroatoms. The molecule has 168 valence electrons. The number of piperidine rings is 1. The van der Waals surface area contributed by atoms with E-state index in [9.17, 15) is 9.18 Å². The van der Waals surface area contributed by atoms with Gasteiger partial charge in [-0.3, -0.25) is 4.79 Å². The standard InChI is InChI=1S/C24H29ClFN3O.ClH/c1-16-3-6-20(22(26)13-16)19-7-8-27-15-21(19)24(30)29-11-9-28(10-12-29)23-14-18(25)5-4-17(23)2;/h3-6,13-14,19,21,27H,7-12,15H2,1-2H3;1H/t19-,21-;/m0./s1. The Hall–Kier alpha value is -1.82. The molecule has 2 heterocycles. The molecule has 2 atom stereocenters. The predicted octanol–water partition coefficient (Wildman–Crippen LogP) is 4.56. The maximum atomic E-state index is 14.7. The number of hydrogen-bond donors (Lipinski definition) is 1. The first kappa shape index (κ1) is 23.8. The SMILES string of the molecule is Cc1ccc([C@@H]2CCNC[C@@H]2C(=O)N2CCN(c3cc(Cl)ccc3C)CC2)c(F)c1.Cl. The van der Waals surface area contributed by atoms with Gasteiger partial charge in [-0.1, -0.05) is 29.8 Å². The topological polar surface area (TPSA) is 35.6 Å². The number of anilines is 1. The van der Waals surface area contributed by atoms with E-state index in [-0.39, 0.29) is 36.0 Å². The van der Waals surface area contributed by atoms with Crippen molar-refractivity contribution in [2.24, 2.45) is 5.92 Å². The van der Waals surface area contributed by atoms with Crippen molar-refractivity contribution in [3.8, 4) is 0 Å². The zero-order chi connectivity index (χ0) is 21.3. The Morgan fingerprint density at radius 2 is 1.84 bits per heavy atom. The highest BCUT2D eigenvalue weighted by molar-refractivity contribution is 6.30. The molecule has 31 heavy (non-hydrogen) atoms. The molecule has 4 nitrogen and oxygen atoms in total. The smallest absolute Gasteiger partial charge is 0.227 e. The van der Waals surface area contributed by atoms with Crippen LogP contribution >= 0.6 is 24.0 Å². The molecule has 0 aromatic heterocycles. The van der Waals surface area contributed by atoms with Gasteiger partial charge < -0.3 is 15.1 Å². The van der Waals surface area contributed by atoms with E-state index < -0.39 is 0 Å². The number of carbonyl (C=O) groups excluding carboxylic acids is 1. The van der Waals surface area contributed by atoms with Crippen molar-refractivity contribution < 1.29 is 9.18 Å². The van der Waals surface area contributed by atoms with E-state index in [2.05, 4.69) is 17.1 Å². The van der Waals surface area contributed by atoms with Crippen LogP contribution in [0.5, 0.6) is 0 Å². The van der Waals surface area contributed by atoms with Crippen molar-refractivity contribution in [3.05, 3.63) is 63.9 Å². The lowest BCUT2D eigenvalue weighted by Crippen LogP contribution is -2.53. The quantitative estimate of drug-likeness (QED) is 0.721. The van der Waals surface area contributed by atoms with Gasteiger partial charge in [0.2, 0.25) is 5.91 Å². The lowest BCUT2D eigenvalue weighted by atomic mass is 9.79. The van der Waals surface area contributed by atoms with Gasteiger partial charge in [-0.15, -0.1) is 12.4 Å². The number of halogens is 3. The molecule has 2 aromatic rings. The molecule has 1 amide bonds. The van der Waals surface area contributed by atoms with Gasteiger partial charge in [0.25, 0.3) is 0 Å². The number of piperazine rings is 1. The molecule has 0 radical (unpaired) electrons. The van der Waals surface area contributed by atoms with Gasteiger partial charge in [-0.25, -0.2) is 4.39 Å². The molecule has 2 fully saturated rings. The molecule has 2 aromatic carbocycles. The molecular formula is C24H30Cl2FN3O.